The second kappa shape index (κ2) is 6.20. The topological polar surface area (TPSA) is 17.8 Å². The molecule has 3 rings (SSSR count). The second-order valence-corrected chi connectivity index (χ2v) is 6.34. The average Bonchev–Trinajstić information content (AvgIpc) is 2.78. The van der Waals surface area contributed by atoms with Crippen LogP contribution in [-0.2, 0) is 6.54 Å². The van der Waals surface area contributed by atoms with E-state index >= 15 is 0 Å². The number of nitrogens with zero attached hydrogens (tertiary/aromatic N) is 2. The number of aromatic nitrogens is 2. The van der Waals surface area contributed by atoms with E-state index in [4.69, 9.17) is 16.6 Å². The van der Waals surface area contributed by atoms with E-state index in [-0.39, 0.29) is 0 Å². The maximum absolute atomic E-state index is 5.94. The zero-order valence-electron chi connectivity index (χ0n) is 11.6. The molecule has 0 saturated heterocycles. The van der Waals surface area contributed by atoms with Gasteiger partial charge in [-0.05, 0) is 47.2 Å². The summed E-state index contributed by atoms with van der Waals surface area (Å²) in [5.41, 5.74) is 3.42. The zero-order valence-corrected chi connectivity index (χ0v) is 14.5. The first-order valence-corrected chi connectivity index (χ1v) is 8.13. The molecule has 0 unspecified atom stereocenters. The molecule has 0 aliphatic rings. The fourth-order valence-electron chi connectivity index (χ4n) is 2.27. The Hall–Kier alpha value is -1.33. The second-order valence-electron chi connectivity index (χ2n) is 4.88. The van der Waals surface area contributed by atoms with Crippen molar-refractivity contribution >= 4 is 34.2 Å². The summed E-state index contributed by atoms with van der Waals surface area (Å²) in [6.07, 6.45) is 0. The summed E-state index contributed by atoms with van der Waals surface area (Å²) in [5, 5.41) is 0.765. The summed E-state index contributed by atoms with van der Waals surface area (Å²) in [7, 11) is 0. The molecule has 2 aromatic carbocycles. The van der Waals surface area contributed by atoms with Gasteiger partial charge in [0, 0.05) is 17.1 Å². The summed E-state index contributed by atoms with van der Waals surface area (Å²) in [4.78, 5) is 4.72. The van der Waals surface area contributed by atoms with Gasteiger partial charge in [-0.15, -0.1) is 0 Å². The molecule has 0 fully saturated rings. The van der Waals surface area contributed by atoms with E-state index in [1.807, 2.05) is 37.3 Å². The molecular formula is C17H14ClIN2. The molecule has 3 aromatic rings. The number of hydrogen-bond donors (Lipinski definition) is 0. The van der Waals surface area contributed by atoms with Crippen molar-refractivity contribution in [3.05, 3.63) is 74.7 Å². The Morgan fingerprint density at radius 3 is 2.38 bits per heavy atom. The number of benzene rings is 2. The predicted molar refractivity (Wildman–Crippen MR) is 95.7 cm³/mol. The van der Waals surface area contributed by atoms with Crippen LogP contribution in [0.2, 0.25) is 5.02 Å². The van der Waals surface area contributed by atoms with E-state index in [1.165, 1.54) is 5.56 Å². The molecule has 21 heavy (non-hydrogen) atoms. The molecule has 0 saturated carbocycles. The highest BCUT2D eigenvalue weighted by molar-refractivity contribution is 14.1. The van der Waals surface area contributed by atoms with Crippen LogP contribution in [-0.4, -0.2) is 9.55 Å². The molecule has 1 heterocycles. The van der Waals surface area contributed by atoms with Crippen molar-refractivity contribution < 1.29 is 0 Å². The Labute approximate surface area is 142 Å². The molecule has 0 atom stereocenters. The van der Waals surface area contributed by atoms with Gasteiger partial charge >= 0.3 is 0 Å². The van der Waals surface area contributed by atoms with Crippen molar-refractivity contribution in [1.82, 2.24) is 9.55 Å². The lowest BCUT2D eigenvalue weighted by Gasteiger charge is -2.07. The lowest BCUT2D eigenvalue weighted by molar-refractivity contribution is 0.745. The maximum atomic E-state index is 5.94. The van der Waals surface area contributed by atoms with Crippen molar-refractivity contribution in [2.75, 3.05) is 0 Å². The van der Waals surface area contributed by atoms with Gasteiger partial charge < -0.3 is 4.57 Å². The standard InChI is InChI=1S/C17H14ClIN2/c1-12-20-16(14-5-3-2-4-6-14)17(19)21(12)11-13-7-9-15(18)10-8-13/h2-10H,11H2,1H3. The first kappa shape index (κ1) is 14.6. The highest BCUT2D eigenvalue weighted by atomic mass is 127. The molecule has 0 aliphatic carbocycles. The van der Waals surface area contributed by atoms with Crippen LogP contribution in [0, 0.1) is 10.6 Å². The summed E-state index contributed by atoms with van der Waals surface area (Å²) < 4.78 is 3.39. The number of rotatable bonds is 3. The van der Waals surface area contributed by atoms with Crippen LogP contribution >= 0.6 is 34.2 Å². The quantitative estimate of drug-likeness (QED) is 0.547. The third-order valence-corrected chi connectivity index (χ3v) is 4.74. The Morgan fingerprint density at radius 1 is 1.05 bits per heavy atom. The lowest BCUT2D eigenvalue weighted by Crippen LogP contribution is -2.04. The van der Waals surface area contributed by atoms with Crippen molar-refractivity contribution in [2.45, 2.75) is 13.5 Å². The Morgan fingerprint density at radius 2 is 1.71 bits per heavy atom. The van der Waals surface area contributed by atoms with Gasteiger partial charge in [-0.2, -0.15) is 0 Å². The summed E-state index contributed by atoms with van der Waals surface area (Å²) in [5.74, 6) is 1.02. The molecule has 106 valence electrons. The number of halogens is 2. The third-order valence-electron chi connectivity index (χ3n) is 3.40. The normalized spacial score (nSPS) is 10.8. The number of aryl methyl sites for hydroxylation is 1. The van der Waals surface area contributed by atoms with Crippen LogP contribution in [0.25, 0.3) is 11.3 Å². The SMILES string of the molecule is Cc1nc(-c2ccccc2)c(I)n1Cc1ccc(Cl)cc1. The van der Waals surface area contributed by atoms with Crippen molar-refractivity contribution in [3.63, 3.8) is 0 Å². The fraction of sp³-hybridized carbons (Fsp3) is 0.118. The Balaban J connectivity index is 1.97. The zero-order chi connectivity index (χ0) is 14.8. The van der Waals surface area contributed by atoms with E-state index < -0.39 is 0 Å². The molecule has 0 aliphatic heterocycles. The van der Waals surface area contributed by atoms with Gasteiger partial charge in [0.05, 0.1) is 0 Å². The molecule has 0 radical (unpaired) electrons. The smallest absolute Gasteiger partial charge is 0.108 e. The molecule has 0 spiro atoms. The van der Waals surface area contributed by atoms with Crippen LogP contribution in [0.1, 0.15) is 11.4 Å². The molecule has 2 nitrogen and oxygen atoms in total. The van der Waals surface area contributed by atoms with Crippen LogP contribution in [0.4, 0.5) is 0 Å². The first-order chi connectivity index (χ1) is 10.1. The van der Waals surface area contributed by atoms with E-state index in [0.29, 0.717) is 0 Å². The monoisotopic (exact) mass is 408 g/mol. The first-order valence-electron chi connectivity index (χ1n) is 6.67. The minimum absolute atomic E-state index is 0.765. The van der Waals surface area contributed by atoms with Crippen LogP contribution in [0.15, 0.2) is 54.6 Å². The van der Waals surface area contributed by atoms with Gasteiger partial charge in [-0.25, -0.2) is 4.98 Å². The van der Waals surface area contributed by atoms with Gasteiger partial charge in [0.15, 0.2) is 0 Å². The van der Waals surface area contributed by atoms with Crippen LogP contribution in [0.3, 0.4) is 0 Å². The van der Waals surface area contributed by atoms with E-state index in [0.717, 1.165) is 32.3 Å². The van der Waals surface area contributed by atoms with E-state index in [2.05, 4.69) is 51.4 Å². The minimum Gasteiger partial charge on any atom is -0.319 e. The van der Waals surface area contributed by atoms with Gasteiger partial charge in [0.2, 0.25) is 0 Å². The number of hydrogen-bond acceptors (Lipinski definition) is 1. The average molecular weight is 409 g/mol. The lowest BCUT2D eigenvalue weighted by atomic mass is 10.2. The van der Waals surface area contributed by atoms with Gasteiger partial charge in [-0.1, -0.05) is 54.1 Å². The van der Waals surface area contributed by atoms with Gasteiger partial charge in [0.25, 0.3) is 0 Å². The Kier molecular flexibility index (Phi) is 4.31. The molecule has 1 aromatic heterocycles. The molecule has 0 bridgehead atoms. The Bertz CT molecular complexity index is 748. The predicted octanol–water partition coefficient (Wildman–Crippen LogP) is 5.16. The molecule has 4 heteroatoms. The van der Waals surface area contributed by atoms with Crippen molar-refractivity contribution in [3.8, 4) is 11.3 Å². The molecular weight excluding hydrogens is 395 g/mol. The van der Waals surface area contributed by atoms with E-state index in [1.54, 1.807) is 0 Å². The molecule has 0 N–H and O–H groups in total. The minimum atomic E-state index is 0.765. The number of imidazole rings is 1. The molecule has 0 amide bonds. The van der Waals surface area contributed by atoms with Crippen molar-refractivity contribution in [1.29, 1.82) is 0 Å². The van der Waals surface area contributed by atoms with Crippen molar-refractivity contribution in [2.24, 2.45) is 0 Å². The summed E-state index contributed by atoms with van der Waals surface area (Å²) in [6, 6.07) is 18.3. The van der Waals surface area contributed by atoms with Gasteiger partial charge in [0.1, 0.15) is 15.2 Å². The highest BCUT2D eigenvalue weighted by Gasteiger charge is 2.13. The highest BCUT2D eigenvalue weighted by Crippen LogP contribution is 2.26. The van der Waals surface area contributed by atoms with E-state index in [9.17, 15) is 0 Å². The third kappa shape index (κ3) is 3.14. The van der Waals surface area contributed by atoms with Gasteiger partial charge in [-0.3, -0.25) is 0 Å². The maximum Gasteiger partial charge on any atom is 0.108 e. The fourth-order valence-corrected chi connectivity index (χ4v) is 3.35. The van der Waals surface area contributed by atoms with Crippen LogP contribution in [0.5, 0.6) is 0 Å². The summed E-state index contributed by atoms with van der Waals surface area (Å²) >= 11 is 8.31. The summed E-state index contributed by atoms with van der Waals surface area (Å²) in [6.45, 7) is 2.85. The van der Waals surface area contributed by atoms with Crippen LogP contribution < -0.4 is 0 Å². The largest absolute Gasteiger partial charge is 0.319 e.